The van der Waals surface area contributed by atoms with Gasteiger partial charge in [0.25, 0.3) is 5.91 Å². The number of rotatable bonds is 3. The molecular formula is C11H13NO5. The highest BCUT2D eigenvalue weighted by atomic mass is 16.5. The van der Waals surface area contributed by atoms with Crippen LogP contribution in [0.1, 0.15) is 16.8 Å². The van der Waals surface area contributed by atoms with E-state index in [4.69, 9.17) is 15.2 Å². The molecule has 92 valence electrons. The normalized spacial score (nSPS) is 19.2. The number of carbonyl (C=O) groups is 1. The minimum atomic E-state index is -0.854. The zero-order valence-electron chi connectivity index (χ0n) is 9.05. The fraction of sp³-hybridized carbons (Fsp3) is 0.364. The van der Waals surface area contributed by atoms with Gasteiger partial charge in [-0.1, -0.05) is 0 Å². The lowest BCUT2D eigenvalue weighted by molar-refractivity contribution is 0.0985. The molecule has 1 amide bonds. The molecule has 0 aromatic heterocycles. The quantitative estimate of drug-likeness (QED) is 0.661. The van der Waals surface area contributed by atoms with Crippen LogP contribution in [0.2, 0.25) is 0 Å². The standard InChI is InChI=1S/C11H13NO5/c12-11(15)9-8(2-1-7(13)10(9)14)17-6-3-4-16-5-6/h1-2,6,13-14H,3-5H2,(H2,12,15)/t6-/m1/s1. The lowest BCUT2D eigenvalue weighted by Gasteiger charge is -2.15. The van der Waals surface area contributed by atoms with Gasteiger partial charge in [-0.2, -0.15) is 0 Å². The number of amides is 1. The second-order valence-corrected chi connectivity index (χ2v) is 3.77. The summed E-state index contributed by atoms with van der Waals surface area (Å²) in [4.78, 5) is 11.2. The van der Waals surface area contributed by atoms with Gasteiger partial charge in [-0.3, -0.25) is 4.79 Å². The van der Waals surface area contributed by atoms with Crippen molar-refractivity contribution in [3.63, 3.8) is 0 Å². The van der Waals surface area contributed by atoms with Crippen molar-refractivity contribution in [1.29, 1.82) is 0 Å². The summed E-state index contributed by atoms with van der Waals surface area (Å²) in [6.07, 6.45) is 0.539. The van der Waals surface area contributed by atoms with Gasteiger partial charge in [0, 0.05) is 6.42 Å². The van der Waals surface area contributed by atoms with Crippen LogP contribution < -0.4 is 10.5 Å². The highest BCUT2D eigenvalue weighted by Gasteiger charge is 2.23. The summed E-state index contributed by atoms with van der Waals surface area (Å²) >= 11 is 0. The molecule has 1 heterocycles. The van der Waals surface area contributed by atoms with E-state index in [0.717, 1.165) is 0 Å². The molecule has 1 aromatic carbocycles. The Labute approximate surface area is 97.6 Å². The van der Waals surface area contributed by atoms with Crippen molar-refractivity contribution < 1.29 is 24.5 Å². The summed E-state index contributed by atoms with van der Waals surface area (Å²) in [5.74, 6) is -1.67. The predicted molar refractivity (Wildman–Crippen MR) is 58.1 cm³/mol. The molecule has 1 saturated heterocycles. The summed E-state index contributed by atoms with van der Waals surface area (Å²) in [6, 6.07) is 2.64. The molecule has 6 nitrogen and oxygen atoms in total. The first-order valence-electron chi connectivity index (χ1n) is 5.18. The number of benzene rings is 1. The summed E-state index contributed by atoms with van der Waals surface area (Å²) in [5, 5.41) is 18.9. The molecule has 1 fully saturated rings. The van der Waals surface area contributed by atoms with Crippen molar-refractivity contribution in [2.24, 2.45) is 5.73 Å². The third-order valence-corrected chi connectivity index (χ3v) is 2.55. The van der Waals surface area contributed by atoms with E-state index < -0.39 is 17.4 Å². The molecule has 0 bridgehead atoms. The van der Waals surface area contributed by atoms with Gasteiger partial charge < -0.3 is 25.4 Å². The van der Waals surface area contributed by atoms with Gasteiger partial charge in [0.1, 0.15) is 17.4 Å². The van der Waals surface area contributed by atoms with E-state index in [1.54, 1.807) is 0 Å². The average molecular weight is 239 g/mol. The number of aromatic hydroxyl groups is 2. The Balaban J connectivity index is 2.32. The maximum Gasteiger partial charge on any atom is 0.256 e. The van der Waals surface area contributed by atoms with Crippen molar-refractivity contribution in [3.8, 4) is 17.2 Å². The number of primary amides is 1. The smallest absolute Gasteiger partial charge is 0.256 e. The van der Waals surface area contributed by atoms with Crippen LogP contribution in [0.3, 0.4) is 0 Å². The first-order valence-corrected chi connectivity index (χ1v) is 5.18. The average Bonchev–Trinajstić information content (AvgIpc) is 2.76. The van der Waals surface area contributed by atoms with E-state index in [1.165, 1.54) is 12.1 Å². The molecule has 0 saturated carbocycles. The van der Waals surface area contributed by atoms with Gasteiger partial charge in [0.15, 0.2) is 11.5 Å². The van der Waals surface area contributed by atoms with Crippen molar-refractivity contribution in [2.75, 3.05) is 13.2 Å². The Kier molecular flexibility index (Phi) is 3.06. The van der Waals surface area contributed by atoms with E-state index in [0.29, 0.717) is 19.6 Å². The maximum absolute atomic E-state index is 11.2. The number of ether oxygens (including phenoxy) is 2. The number of nitrogens with two attached hydrogens (primary N) is 1. The highest BCUT2D eigenvalue weighted by Crippen LogP contribution is 2.36. The van der Waals surface area contributed by atoms with Gasteiger partial charge >= 0.3 is 0 Å². The van der Waals surface area contributed by atoms with Crippen LogP contribution in [0.4, 0.5) is 0 Å². The molecule has 1 aliphatic heterocycles. The van der Waals surface area contributed by atoms with E-state index in [2.05, 4.69) is 0 Å². The number of phenols is 2. The lowest BCUT2D eigenvalue weighted by Crippen LogP contribution is -2.19. The molecule has 0 aliphatic carbocycles. The highest BCUT2D eigenvalue weighted by molar-refractivity contribution is 5.99. The maximum atomic E-state index is 11.2. The lowest BCUT2D eigenvalue weighted by atomic mass is 10.1. The van der Waals surface area contributed by atoms with E-state index >= 15 is 0 Å². The summed E-state index contributed by atoms with van der Waals surface area (Å²) < 4.78 is 10.6. The van der Waals surface area contributed by atoms with Gasteiger partial charge in [-0.25, -0.2) is 0 Å². The molecular weight excluding hydrogens is 226 g/mol. The zero-order chi connectivity index (χ0) is 12.4. The largest absolute Gasteiger partial charge is 0.504 e. The number of carbonyl (C=O) groups excluding carboxylic acids is 1. The molecule has 1 atom stereocenters. The molecule has 2 rings (SSSR count). The Morgan fingerprint density at radius 3 is 2.82 bits per heavy atom. The number of hydrogen-bond acceptors (Lipinski definition) is 5. The van der Waals surface area contributed by atoms with Crippen molar-refractivity contribution in [2.45, 2.75) is 12.5 Å². The SMILES string of the molecule is NC(=O)c1c(O[C@@H]2CCOC2)ccc(O)c1O. The Bertz CT molecular complexity index is 440. The second kappa shape index (κ2) is 4.50. The first kappa shape index (κ1) is 11.5. The Morgan fingerprint density at radius 2 is 2.24 bits per heavy atom. The minimum absolute atomic E-state index is 0.156. The first-order chi connectivity index (χ1) is 8.09. The summed E-state index contributed by atoms with van der Waals surface area (Å²) in [7, 11) is 0. The van der Waals surface area contributed by atoms with Gasteiger partial charge in [0.2, 0.25) is 0 Å². The minimum Gasteiger partial charge on any atom is -0.504 e. The Morgan fingerprint density at radius 1 is 1.47 bits per heavy atom. The van der Waals surface area contributed by atoms with Crippen molar-refractivity contribution >= 4 is 5.91 Å². The third-order valence-electron chi connectivity index (χ3n) is 2.55. The van der Waals surface area contributed by atoms with Crippen molar-refractivity contribution in [3.05, 3.63) is 17.7 Å². The fourth-order valence-corrected chi connectivity index (χ4v) is 1.68. The zero-order valence-corrected chi connectivity index (χ0v) is 9.05. The third kappa shape index (κ3) is 2.26. The molecule has 0 unspecified atom stereocenters. The molecule has 4 N–H and O–H groups in total. The van der Waals surface area contributed by atoms with Crippen LogP contribution >= 0.6 is 0 Å². The van der Waals surface area contributed by atoms with Crippen LogP contribution in [0.25, 0.3) is 0 Å². The van der Waals surface area contributed by atoms with Gasteiger partial charge in [0.05, 0.1) is 13.2 Å². The topological polar surface area (TPSA) is 102 Å². The van der Waals surface area contributed by atoms with E-state index in [1.807, 2.05) is 0 Å². The molecule has 17 heavy (non-hydrogen) atoms. The fourth-order valence-electron chi connectivity index (χ4n) is 1.68. The van der Waals surface area contributed by atoms with Crippen molar-refractivity contribution in [1.82, 2.24) is 0 Å². The monoisotopic (exact) mass is 239 g/mol. The van der Waals surface area contributed by atoms with Crippen LogP contribution in [0, 0.1) is 0 Å². The number of phenolic OH excluding ortho intramolecular Hbond substituents is 1. The van der Waals surface area contributed by atoms with Gasteiger partial charge in [-0.05, 0) is 12.1 Å². The molecule has 6 heteroatoms. The molecule has 1 aromatic rings. The second-order valence-electron chi connectivity index (χ2n) is 3.77. The van der Waals surface area contributed by atoms with Crippen LogP contribution in [0.5, 0.6) is 17.2 Å². The Hall–Kier alpha value is -1.95. The molecule has 0 radical (unpaired) electrons. The van der Waals surface area contributed by atoms with Gasteiger partial charge in [-0.15, -0.1) is 0 Å². The summed E-state index contributed by atoms with van der Waals surface area (Å²) in [5.41, 5.74) is 4.93. The van der Waals surface area contributed by atoms with Crippen LogP contribution in [0.15, 0.2) is 12.1 Å². The predicted octanol–water partition coefficient (Wildman–Crippen LogP) is 0.364. The molecule has 0 spiro atoms. The van der Waals surface area contributed by atoms with E-state index in [-0.39, 0.29) is 17.4 Å². The van der Waals surface area contributed by atoms with Crippen LogP contribution in [-0.2, 0) is 4.74 Å². The molecule has 1 aliphatic rings. The summed E-state index contributed by atoms with van der Waals surface area (Å²) in [6.45, 7) is 1.03. The number of hydrogen-bond donors (Lipinski definition) is 3. The van der Waals surface area contributed by atoms with Crippen LogP contribution in [-0.4, -0.2) is 35.4 Å². The van der Waals surface area contributed by atoms with E-state index in [9.17, 15) is 15.0 Å².